The number of ether oxygens (including phenoxy) is 2. The fourth-order valence-electron chi connectivity index (χ4n) is 3.38. The first-order valence-corrected chi connectivity index (χ1v) is 10.3. The van der Waals surface area contributed by atoms with Crippen LogP contribution in [0, 0.1) is 11.7 Å². The predicted octanol–water partition coefficient (Wildman–Crippen LogP) is 5.00. The Balaban J connectivity index is 1.59. The molecular formula is C22H24BrFN4O2. The maximum atomic E-state index is 14.4. The summed E-state index contributed by atoms with van der Waals surface area (Å²) in [6.07, 6.45) is 2.58. The maximum Gasteiger partial charge on any atom is 0.163 e. The van der Waals surface area contributed by atoms with Crippen molar-refractivity contribution in [2.24, 2.45) is 5.92 Å². The molecular weight excluding hydrogens is 451 g/mol. The SMILES string of the molecule is [2H]C([2H])([2H])Oc1cc2c(Nc3ccc(Br)cc3F)ncnc2cc1OCC1CCN(C([2H])([2H])[2H])CC1. The number of nitrogens with one attached hydrogen (secondary N) is 1. The molecule has 0 saturated carbocycles. The van der Waals surface area contributed by atoms with E-state index >= 15 is 0 Å². The summed E-state index contributed by atoms with van der Waals surface area (Å²) in [6.45, 7) is -1.00. The smallest absolute Gasteiger partial charge is 0.163 e. The number of benzene rings is 2. The third-order valence-electron chi connectivity index (χ3n) is 5.08. The van der Waals surface area contributed by atoms with E-state index in [0.717, 1.165) is 0 Å². The van der Waals surface area contributed by atoms with Gasteiger partial charge in [0, 0.05) is 20.0 Å². The zero-order valence-corrected chi connectivity index (χ0v) is 17.6. The van der Waals surface area contributed by atoms with Crippen molar-refractivity contribution in [3.05, 3.63) is 46.9 Å². The minimum atomic E-state index is -2.74. The summed E-state index contributed by atoms with van der Waals surface area (Å²) >= 11 is 3.22. The van der Waals surface area contributed by atoms with Gasteiger partial charge in [-0.25, -0.2) is 14.4 Å². The van der Waals surface area contributed by atoms with Gasteiger partial charge in [0.15, 0.2) is 11.5 Å². The molecule has 2 aromatic carbocycles. The van der Waals surface area contributed by atoms with E-state index in [0.29, 0.717) is 41.3 Å². The molecule has 0 bridgehead atoms. The number of piperidine rings is 1. The van der Waals surface area contributed by atoms with Crippen molar-refractivity contribution in [1.82, 2.24) is 14.9 Å². The maximum absolute atomic E-state index is 14.4. The number of halogens is 2. The number of anilines is 2. The lowest BCUT2D eigenvalue weighted by Gasteiger charge is -2.28. The van der Waals surface area contributed by atoms with Gasteiger partial charge in [0.05, 0.1) is 29.0 Å². The Morgan fingerprint density at radius 2 is 2.10 bits per heavy atom. The van der Waals surface area contributed by atoms with E-state index in [1.54, 1.807) is 18.2 Å². The standard InChI is InChI=1S/C22H24BrFN4O2/c1-28-7-5-14(6-8-28)12-30-21-11-19-16(10-20(21)29-2)22(26-13-25-19)27-18-4-3-15(23)9-17(18)24/h3-4,9-11,13-14H,5-8,12H2,1-2H3,(H,25,26,27)/i1D3,2D3. The molecule has 0 atom stereocenters. The number of rotatable bonds is 6. The van der Waals surface area contributed by atoms with Gasteiger partial charge in [-0.15, -0.1) is 0 Å². The molecule has 0 aliphatic carbocycles. The molecule has 30 heavy (non-hydrogen) atoms. The molecule has 1 aliphatic heterocycles. The van der Waals surface area contributed by atoms with E-state index in [-0.39, 0.29) is 35.5 Å². The van der Waals surface area contributed by atoms with Crippen LogP contribution in [-0.4, -0.2) is 48.6 Å². The second-order valence-corrected chi connectivity index (χ2v) is 8.05. The van der Waals surface area contributed by atoms with Crippen LogP contribution < -0.4 is 14.8 Å². The van der Waals surface area contributed by atoms with Crippen molar-refractivity contribution in [1.29, 1.82) is 0 Å². The van der Waals surface area contributed by atoms with Crippen molar-refractivity contribution in [3.8, 4) is 11.5 Å². The van der Waals surface area contributed by atoms with Crippen LogP contribution in [0.5, 0.6) is 11.5 Å². The first-order chi connectivity index (χ1) is 16.9. The lowest BCUT2D eigenvalue weighted by Crippen LogP contribution is -2.32. The molecule has 0 amide bonds. The van der Waals surface area contributed by atoms with E-state index < -0.39 is 19.8 Å². The summed E-state index contributed by atoms with van der Waals surface area (Å²) < 4.78 is 71.5. The molecule has 0 spiro atoms. The normalized spacial score (nSPS) is 19.1. The highest BCUT2D eigenvalue weighted by molar-refractivity contribution is 9.10. The number of aromatic nitrogens is 2. The third kappa shape index (κ3) is 4.65. The topological polar surface area (TPSA) is 59.5 Å². The molecule has 8 heteroatoms. The Labute approximate surface area is 192 Å². The van der Waals surface area contributed by atoms with Gasteiger partial charge in [0.1, 0.15) is 18.0 Å². The first-order valence-electron chi connectivity index (χ1n) is 12.5. The molecule has 1 saturated heterocycles. The largest absolute Gasteiger partial charge is 0.493 e. The second-order valence-electron chi connectivity index (χ2n) is 7.13. The molecule has 2 heterocycles. The van der Waals surface area contributed by atoms with Crippen LogP contribution in [0.1, 0.15) is 21.1 Å². The molecule has 1 aliphatic rings. The van der Waals surface area contributed by atoms with Crippen LogP contribution >= 0.6 is 15.9 Å². The van der Waals surface area contributed by atoms with E-state index in [1.807, 2.05) is 0 Å². The summed E-state index contributed by atoms with van der Waals surface area (Å²) in [5.41, 5.74) is 0.621. The van der Waals surface area contributed by atoms with Gasteiger partial charge in [0.2, 0.25) is 0 Å². The van der Waals surface area contributed by atoms with Gasteiger partial charge < -0.3 is 19.7 Å². The average molecular weight is 481 g/mol. The minimum absolute atomic E-state index is 0.0310. The van der Waals surface area contributed by atoms with Crippen molar-refractivity contribution >= 4 is 38.3 Å². The second kappa shape index (κ2) is 9.14. The molecule has 0 radical (unpaired) electrons. The summed E-state index contributed by atoms with van der Waals surface area (Å²) in [4.78, 5) is 9.90. The van der Waals surface area contributed by atoms with Gasteiger partial charge in [-0.2, -0.15) is 0 Å². The summed E-state index contributed by atoms with van der Waals surface area (Å²) in [7, 11) is -2.74. The highest BCUT2D eigenvalue weighted by Crippen LogP contribution is 2.35. The Morgan fingerprint density at radius 3 is 2.87 bits per heavy atom. The Morgan fingerprint density at radius 1 is 1.23 bits per heavy atom. The van der Waals surface area contributed by atoms with Gasteiger partial charge in [-0.3, -0.25) is 0 Å². The molecule has 4 rings (SSSR count). The fourth-order valence-corrected chi connectivity index (χ4v) is 3.72. The quantitative estimate of drug-likeness (QED) is 0.535. The summed E-state index contributed by atoms with van der Waals surface area (Å²) in [6, 6.07) is 7.53. The Kier molecular flexibility index (Phi) is 4.43. The van der Waals surface area contributed by atoms with Crippen LogP contribution in [0.3, 0.4) is 0 Å². The molecule has 3 aromatic rings. The van der Waals surface area contributed by atoms with Crippen LogP contribution in [0.4, 0.5) is 15.9 Å². The van der Waals surface area contributed by atoms with Crippen LogP contribution in [0.25, 0.3) is 10.9 Å². The zero-order valence-electron chi connectivity index (χ0n) is 22.0. The van der Waals surface area contributed by atoms with E-state index in [1.165, 1.54) is 23.4 Å². The monoisotopic (exact) mass is 480 g/mol. The molecule has 0 unspecified atom stereocenters. The van der Waals surface area contributed by atoms with Crippen molar-refractivity contribution < 1.29 is 22.1 Å². The van der Waals surface area contributed by atoms with E-state index in [2.05, 4.69) is 31.2 Å². The minimum Gasteiger partial charge on any atom is -0.493 e. The van der Waals surface area contributed by atoms with Crippen molar-refractivity contribution in [2.45, 2.75) is 12.8 Å². The summed E-state index contributed by atoms with van der Waals surface area (Å²) in [5.74, 6) is 0.0237. The molecule has 158 valence electrons. The lowest BCUT2D eigenvalue weighted by atomic mass is 9.98. The predicted molar refractivity (Wildman–Crippen MR) is 119 cm³/mol. The summed E-state index contributed by atoms with van der Waals surface area (Å²) in [5, 5.41) is 3.33. The highest BCUT2D eigenvalue weighted by Gasteiger charge is 2.19. The number of methoxy groups -OCH3 is 1. The lowest BCUT2D eigenvalue weighted by molar-refractivity contribution is 0.157. The third-order valence-corrected chi connectivity index (χ3v) is 5.58. The molecule has 1 aromatic heterocycles. The van der Waals surface area contributed by atoms with Gasteiger partial charge in [0.25, 0.3) is 0 Å². The number of fused-ring (bicyclic) bond motifs is 1. The molecule has 1 fully saturated rings. The fraction of sp³-hybridized carbons (Fsp3) is 0.364. The Hall–Kier alpha value is -2.45. The number of nitrogens with zero attached hydrogens (tertiary/aromatic N) is 3. The highest BCUT2D eigenvalue weighted by atomic mass is 79.9. The zero-order chi connectivity index (χ0) is 26.1. The Bertz CT molecular complexity index is 1240. The van der Waals surface area contributed by atoms with E-state index in [4.69, 9.17) is 17.7 Å². The van der Waals surface area contributed by atoms with Crippen molar-refractivity contribution in [3.63, 3.8) is 0 Å². The molecule has 1 N–H and O–H groups in total. The number of likely N-dealkylation sites (tertiary alicyclic amines) is 1. The van der Waals surface area contributed by atoms with Gasteiger partial charge >= 0.3 is 0 Å². The van der Waals surface area contributed by atoms with E-state index in [9.17, 15) is 4.39 Å². The van der Waals surface area contributed by atoms with Crippen molar-refractivity contribution in [2.75, 3.05) is 39.0 Å². The van der Waals surface area contributed by atoms with Crippen LogP contribution in [-0.2, 0) is 0 Å². The number of hydrogen-bond acceptors (Lipinski definition) is 6. The van der Waals surface area contributed by atoms with Gasteiger partial charge in [-0.1, -0.05) is 15.9 Å². The average Bonchev–Trinajstić information content (AvgIpc) is 2.78. The van der Waals surface area contributed by atoms with Crippen LogP contribution in [0.15, 0.2) is 41.1 Å². The first kappa shape index (κ1) is 14.5. The molecule has 6 nitrogen and oxygen atoms in total. The number of hydrogen-bond donors (Lipinski definition) is 1. The van der Waals surface area contributed by atoms with Gasteiger partial charge in [-0.05, 0) is 63.1 Å². The van der Waals surface area contributed by atoms with Crippen LogP contribution in [0.2, 0.25) is 0 Å².